The van der Waals surface area contributed by atoms with Crippen molar-refractivity contribution in [3.05, 3.63) is 0 Å². The van der Waals surface area contributed by atoms with Crippen LogP contribution in [-0.2, 0) is 19.1 Å². The summed E-state index contributed by atoms with van der Waals surface area (Å²) in [7, 11) is 0. The normalized spacial score (nSPS) is 13.7. The fourth-order valence-corrected chi connectivity index (χ4v) is 3.01. The zero-order chi connectivity index (χ0) is 17.7. The monoisotopic (exact) mass is 328 g/mol. The highest BCUT2D eigenvalue weighted by Crippen LogP contribution is 2.30. The number of rotatable bonds is 13. The summed E-state index contributed by atoms with van der Waals surface area (Å²) in [6.07, 6.45) is 6.74. The van der Waals surface area contributed by atoms with Crippen molar-refractivity contribution in [2.75, 3.05) is 13.2 Å². The summed E-state index contributed by atoms with van der Waals surface area (Å²) in [6.45, 7) is 10.8. The molecule has 0 fully saturated rings. The summed E-state index contributed by atoms with van der Waals surface area (Å²) in [6, 6.07) is 0. The first kappa shape index (κ1) is 21.9. The Kier molecular flexibility index (Phi) is 12.8. The molecule has 0 spiro atoms. The number of carbonyl (C=O) groups is 2. The fraction of sp³-hybridized carbons (Fsp3) is 0.895. The van der Waals surface area contributed by atoms with Gasteiger partial charge in [0.05, 0.1) is 25.6 Å². The van der Waals surface area contributed by atoms with E-state index in [4.69, 9.17) is 9.47 Å². The first-order chi connectivity index (χ1) is 11.0. The third-order valence-electron chi connectivity index (χ3n) is 4.05. The van der Waals surface area contributed by atoms with Crippen LogP contribution in [0.2, 0.25) is 0 Å². The summed E-state index contributed by atoms with van der Waals surface area (Å²) in [5.41, 5.74) is 0. The van der Waals surface area contributed by atoms with Gasteiger partial charge < -0.3 is 9.47 Å². The number of hydrogen-bond donors (Lipinski definition) is 0. The molecular formula is C19H36O4. The maximum atomic E-state index is 12.4. The maximum absolute atomic E-state index is 12.4. The second-order valence-electron chi connectivity index (χ2n) is 6.61. The zero-order valence-corrected chi connectivity index (χ0v) is 15.7. The van der Waals surface area contributed by atoms with Gasteiger partial charge in [-0.2, -0.15) is 0 Å². The number of ether oxygens (including phenoxy) is 2. The standard InChI is InChI=1S/C19H36O4/c1-6-9-10-11-12-16(13-15(4)5)17(19(21)23-8-3)14-18(20)22-7-2/h15-17H,6-14H2,1-5H3. The highest BCUT2D eigenvalue weighted by Gasteiger charge is 2.32. The van der Waals surface area contributed by atoms with Crippen LogP contribution in [0.15, 0.2) is 0 Å². The van der Waals surface area contributed by atoms with Crippen molar-refractivity contribution in [2.24, 2.45) is 17.8 Å². The summed E-state index contributed by atoms with van der Waals surface area (Å²) >= 11 is 0. The highest BCUT2D eigenvalue weighted by molar-refractivity contribution is 5.80. The molecule has 0 radical (unpaired) electrons. The van der Waals surface area contributed by atoms with Crippen LogP contribution in [0.25, 0.3) is 0 Å². The van der Waals surface area contributed by atoms with Gasteiger partial charge in [-0.15, -0.1) is 0 Å². The van der Waals surface area contributed by atoms with Crippen LogP contribution in [0, 0.1) is 17.8 Å². The van der Waals surface area contributed by atoms with E-state index >= 15 is 0 Å². The van der Waals surface area contributed by atoms with E-state index in [1.807, 2.05) is 0 Å². The van der Waals surface area contributed by atoms with Gasteiger partial charge in [0.25, 0.3) is 0 Å². The summed E-state index contributed by atoms with van der Waals surface area (Å²) in [5, 5.41) is 0. The van der Waals surface area contributed by atoms with Gasteiger partial charge in [0.1, 0.15) is 0 Å². The van der Waals surface area contributed by atoms with Gasteiger partial charge in [-0.05, 0) is 38.5 Å². The minimum absolute atomic E-state index is 0.137. The predicted octanol–water partition coefficient (Wildman–Crippen LogP) is 4.75. The van der Waals surface area contributed by atoms with Crippen molar-refractivity contribution in [3.63, 3.8) is 0 Å². The molecule has 0 aliphatic rings. The smallest absolute Gasteiger partial charge is 0.309 e. The van der Waals surface area contributed by atoms with Gasteiger partial charge in [0.2, 0.25) is 0 Å². The number of carbonyl (C=O) groups excluding carboxylic acids is 2. The third-order valence-corrected chi connectivity index (χ3v) is 4.05. The zero-order valence-electron chi connectivity index (χ0n) is 15.7. The molecule has 23 heavy (non-hydrogen) atoms. The van der Waals surface area contributed by atoms with Crippen LogP contribution in [0.3, 0.4) is 0 Å². The lowest BCUT2D eigenvalue weighted by atomic mass is 9.80. The lowest BCUT2D eigenvalue weighted by Gasteiger charge is -2.26. The topological polar surface area (TPSA) is 52.6 Å². The Labute approximate surface area is 142 Å². The second kappa shape index (κ2) is 13.4. The fourth-order valence-electron chi connectivity index (χ4n) is 3.01. The van der Waals surface area contributed by atoms with Gasteiger partial charge in [0, 0.05) is 0 Å². The Hall–Kier alpha value is -1.06. The third kappa shape index (κ3) is 10.4. The summed E-state index contributed by atoms with van der Waals surface area (Å²) in [5.74, 6) is -0.242. The van der Waals surface area contributed by atoms with Crippen LogP contribution < -0.4 is 0 Å². The Morgan fingerprint density at radius 3 is 2.09 bits per heavy atom. The van der Waals surface area contributed by atoms with Crippen LogP contribution >= 0.6 is 0 Å². The molecule has 2 unspecified atom stereocenters. The van der Waals surface area contributed by atoms with E-state index in [9.17, 15) is 9.59 Å². The molecule has 0 aliphatic heterocycles. The highest BCUT2D eigenvalue weighted by atomic mass is 16.5. The average Bonchev–Trinajstić information content (AvgIpc) is 2.48. The summed E-state index contributed by atoms with van der Waals surface area (Å²) < 4.78 is 10.3. The van der Waals surface area contributed by atoms with Crippen molar-refractivity contribution in [1.29, 1.82) is 0 Å². The summed E-state index contributed by atoms with van der Waals surface area (Å²) in [4.78, 5) is 24.3. The molecule has 2 atom stereocenters. The average molecular weight is 328 g/mol. The Morgan fingerprint density at radius 2 is 1.57 bits per heavy atom. The quantitative estimate of drug-likeness (QED) is 0.361. The van der Waals surface area contributed by atoms with E-state index in [1.165, 1.54) is 19.3 Å². The molecule has 0 saturated carbocycles. The van der Waals surface area contributed by atoms with Crippen LogP contribution in [0.4, 0.5) is 0 Å². The minimum atomic E-state index is -0.377. The molecule has 0 heterocycles. The molecular weight excluding hydrogens is 292 g/mol. The van der Waals surface area contributed by atoms with Gasteiger partial charge in [0.15, 0.2) is 0 Å². The molecule has 0 saturated heterocycles. The Bertz CT molecular complexity index is 325. The van der Waals surface area contributed by atoms with Crippen LogP contribution in [-0.4, -0.2) is 25.2 Å². The molecule has 4 heteroatoms. The van der Waals surface area contributed by atoms with Crippen LogP contribution in [0.5, 0.6) is 0 Å². The maximum Gasteiger partial charge on any atom is 0.309 e. The van der Waals surface area contributed by atoms with Crippen molar-refractivity contribution < 1.29 is 19.1 Å². The minimum Gasteiger partial charge on any atom is -0.466 e. The molecule has 0 bridgehead atoms. The number of unbranched alkanes of at least 4 members (excludes halogenated alkanes) is 3. The molecule has 0 rings (SSSR count). The lowest BCUT2D eigenvalue weighted by Crippen LogP contribution is -2.30. The van der Waals surface area contributed by atoms with E-state index in [2.05, 4.69) is 20.8 Å². The van der Waals surface area contributed by atoms with E-state index in [0.717, 1.165) is 19.3 Å². The molecule has 136 valence electrons. The molecule has 0 aliphatic carbocycles. The van der Waals surface area contributed by atoms with E-state index in [1.54, 1.807) is 13.8 Å². The van der Waals surface area contributed by atoms with Gasteiger partial charge in [-0.3, -0.25) is 9.59 Å². The van der Waals surface area contributed by atoms with E-state index in [-0.39, 0.29) is 30.2 Å². The van der Waals surface area contributed by atoms with Crippen molar-refractivity contribution >= 4 is 11.9 Å². The second-order valence-corrected chi connectivity index (χ2v) is 6.61. The SMILES string of the molecule is CCCCCCC(CC(C)C)C(CC(=O)OCC)C(=O)OCC. The van der Waals surface area contributed by atoms with Crippen LogP contribution in [0.1, 0.15) is 79.6 Å². The predicted molar refractivity (Wildman–Crippen MR) is 93.1 cm³/mol. The van der Waals surface area contributed by atoms with Gasteiger partial charge in [-0.1, -0.05) is 46.5 Å². The first-order valence-corrected chi connectivity index (χ1v) is 9.28. The number of esters is 2. The van der Waals surface area contributed by atoms with Gasteiger partial charge in [-0.25, -0.2) is 0 Å². The Balaban J connectivity index is 4.93. The lowest BCUT2D eigenvalue weighted by molar-refractivity contribution is -0.157. The van der Waals surface area contributed by atoms with Crippen molar-refractivity contribution in [3.8, 4) is 0 Å². The molecule has 0 aromatic heterocycles. The molecule has 0 aromatic carbocycles. The molecule has 0 N–H and O–H groups in total. The van der Waals surface area contributed by atoms with E-state index < -0.39 is 0 Å². The Morgan fingerprint density at radius 1 is 0.913 bits per heavy atom. The van der Waals surface area contributed by atoms with Crippen molar-refractivity contribution in [2.45, 2.75) is 79.6 Å². The van der Waals surface area contributed by atoms with Crippen molar-refractivity contribution in [1.82, 2.24) is 0 Å². The number of hydrogen-bond acceptors (Lipinski definition) is 4. The molecule has 0 amide bonds. The van der Waals surface area contributed by atoms with E-state index in [0.29, 0.717) is 19.1 Å². The molecule has 4 nitrogen and oxygen atoms in total. The first-order valence-electron chi connectivity index (χ1n) is 9.28. The van der Waals surface area contributed by atoms with Gasteiger partial charge >= 0.3 is 11.9 Å². The largest absolute Gasteiger partial charge is 0.466 e. The molecule has 0 aromatic rings.